The van der Waals surface area contributed by atoms with Crippen LogP contribution in [-0.2, 0) is 6.42 Å². The maximum absolute atomic E-state index is 13.6. The Morgan fingerprint density at radius 3 is 2.52 bits per heavy atom. The van der Waals surface area contributed by atoms with Crippen LogP contribution in [0.25, 0.3) is 0 Å². The summed E-state index contributed by atoms with van der Waals surface area (Å²) in [5, 5.41) is 3.61. The van der Waals surface area contributed by atoms with Gasteiger partial charge in [-0.1, -0.05) is 55.5 Å². The first kappa shape index (κ1) is 17.0. The second-order valence-electron chi connectivity index (χ2n) is 6.84. The maximum Gasteiger partial charge on any atom is 0.124 e. The standard InChI is InChI=1S/C18H27BrFN/c1-13(2)11-21-12-16(15-5-3-4-6-15)7-14-8-17(19)10-18(20)9-14/h8-10,13,15-16,21H,3-7,11-12H2,1-2H3. The zero-order valence-corrected chi connectivity index (χ0v) is 14.8. The summed E-state index contributed by atoms with van der Waals surface area (Å²) in [7, 11) is 0. The molecule has 0 amide bonds. The van der Waals surface area contributed by atoms with Gasteiger partial charge in [-0.15, -0.1) is 0 Å². The summed E-state index contributed by atoms with van der Waals surface area (Å²) in [6.45, 7) is 6.59. The molecule has 0 heterocycles. The Morgan fingerprint density at radius 2 is 1.90 bits per heavy atom. The molecule has 0 aromatic heterocycles. The van der Waals surface area contributed by atoms with E-state index in [1.165, 1.54) is 31.7 Å². The van der Waals surface area contributed by atoms with E-state index in [0.717, 1.165) is 35.5 Å². The zero-order valence-electron chi connectivity index (χ0n) is 13.2. The van der Waals surface area contributed by atoms with Crippen LogP contribution in [0.5, 0.6) is 0 Å². The minimum Gasteiger partial charge on any atom is -0.316 e. The summed E-state index contributed by atoms with van der Waals surface area (Å²) in [6, 6.07) is 5.29. The second kappa shape index (κ2) is 8.28. The van der Waals surface area contributed by atoms with Crippen molar-refractivity contribution in [1.29, 1.82) is 0 Å². The van der Waals surface area contributed by atoms with Crippen LogP contribution in [0.3, 0.4) is 0 Å². The lowest BCUT2D eigenvalue weighted by Gasteiger charge is -2.25. The molecule has 1 atom stereocenters. The number of hydrogen-bond acceptors (Lipinski definition) is 1. The van der Waals surface area contributed by atoms with Crippen LogP contribution in [0, 0.1) is 23.6 Å². The highest BCUT2D eigenvalue weighted by Gasteiger charge is 2.25. The molecular formula is C18H27BrFN. The van der Waals surface area contributed by atoms with Crippen molar-refractivity contribution in [2.24, 2.45) is 17.8 Å². The molecule has 1 aliphatic rings. The van der Waals surface area contributed by atoms with E-state index in [2.05, 4.69) is 41.2 Å². The van der Waals surface area contributed by atoms with Crippen LogP contribution >= 0.6 is 15.9 Å². The predicted molar refractivity (Wildman–Crippen MR) is 91.0 cm³/mol. The third kappa shape index (κ3) is 5.71. The molecule has 1 saturated carbocycles. The lowest BCUT2D eigenvalue weighted by atomic mass is 9.85. The molecule has 0 saturated heterocycles. The van der Waals surface area contributed by atoms with E-state index in [4.69, 9.17) is 0 Å². The molecule has 3 heteroatoms. The lowest BCUT2D eigenvalue weighted by Crippen LogP contribution is -2.31. The fraction of sp³-hybridized carbons (Fsp3) is 0.667. The summed E-state index contributed by atoms with van der Waals surface area (Å²) < 4.78 is 14.4. The topological polar surface area (TPSA) is 12.0 Å². The first-order valence-electron chi connectivity index (χ1n) is 8.20. The van der Waals surface area contributed by atoms with Crippen LogP contribution in [0.1, 0.15) is 45.1 Å². The molecule has 1 nitrogen and oxygen atoms in total. The Labute approximate surface area is 136 Å². The number of nitrogens with one attached hydrogen (secondary N) is 1. The average Bonchev–Trinajstić information content (AvgIpc) is 2.89. The van der Waals surface area contributed by atoms with E-state index in [1.54, 1.807) is 6.07 Å². The van der Waals surface area contributed by atoms with Gasteiger partial charge in [-0.3, -0.25) is 0 Å². The van der Waals surface area contributed by atoms with Gasteiger partial charge in [-0.25, -0.2) is 4.39 Å². The van der Waals surface area contributed by atoms with Crippen molar-refractivity contribution in [2.45, 2.75) is 46.0 Å². The van der Waals surface area contributed by atoms with Crippen molar-refractivity contribution in [2.75, 3.05) is 13.1 Å². The lowest BCUT2D eigenvalue weighted by molar-refractivity contribution is 0.315. The minimum absolute atomic E-state index is 0.139. The SMILES string of the molecule is CC(C)CNCC(Cc1cc(F)cc(Br)c1)C1CCCC1. The molecule has 0 aliphatic heterocycles. The van der Waals surface area contributed by atoms with Gasteiger partial charge >= 0.3 is 0 Å². The fourth-order valence-corrected chi connectivity index (χ4v) is 3.94. The van der Waals surface area contributed by atoms with Crippen LogP contribution in [0.15, 0.2) is 22.7 Å². The van der Waals surface area contributed by atoms with E-state index in [0.29, 0.717) is 11.8 Å². The number of benzene rings is 1. The highest BCUT2D eigenvalue weighted by Crippen LogP contribution is 2.33. The molecule has 1 unspecified atom stereocenters. The van der Waals surface area contributed by atoms with Gasteiger partial charge in [0.2, 0.25) is 0 Å². The third-order valence-electron chi connectivity index (χ3n) is 4.45. The molecule has 0 bridgehead atoms. The molecule has 1 fully saturated rings. The Kier molecular flexibility index (Phi) is 6.69. The molecule has 1 aromatic carbocycles. The molecule has 1 N–H and O–H groups in total. The molecule has 1 aromatic rings. The van der Waals surface area contributed by atoms with Crippen molar-refractivity contribution in [1.82, 2.24) is 5.32 Å². The Balaban J connectivity index is 2.00. The molecule has 0 radical (unpaired) electrons. The quantitative estimate of drug-likeness (QED) is 0.710. The predicted octanol–water partition coefficient (Wildman–Crippen LogP) is 5.18. The highest BCUT2D eigenvalue weighted by molar-refractivity contribution is 9.10. The van der Waals surface area contributed by atoms with Gasteiger partial charge in [0.1, 0.15) is 5.82 Å². The van der Waals surface area contributed by atoms with Gasteiger partial charge in [0.15, 0.2) is 0 Å². The summed E-state index contributed by atoms with van der Waals surface area (Å²) in [5.74, 6) is 1.96. The Morgan fingerprint density at radius 1 is 1.19 bits per heavy atom. The van der Waals surface area contributed by atoms with E-state index in [-0.39, 0.29) is 5.82 Å². The largest absolute Gasteiger partial charge is 0.316 e. The van der Waals surface area contributed by atoms with E-state index in [1.807, 2.05) is 0 Å². The minimum atomic E-state index is -0.139. The second-order valence-corrected chi connectivity index (χ2v) is 7.75. The summed E-state index contributed by atoms with van der Waals surface area (Å²) in [4.78, 5) is 0. The molecule has 118 valence electrons. The molecule has 0 spiro atoms. The molecule has 1 aliphatic carbocycles. The van der Waals surface area contributed by atoms with Crippen molar-refractivity contribution in [3.63, 3.8) is 0 Å². The molecular weight excluding hydrogens is 329 g/mol. The fourth-order valence-electron chi connectivity index (χ4n) is 3.42. The van der Waals surface area contributed by atoms with Gasteiger partial charge in [0.25, 0.3) is 0 Å². The van der Waals surface area contributed by atoms with Crippen molar-refractivity contribution in [3.05, 3.63) is 34.1 Å². The van der Waals surface area contributed by atoms with Gasteiger partial charge in [-0.05, 0) is 61.0 Å². The van der Waals surface area contributed by atoms with Gasteiger partial charge in [0, 0.05) is 4.47 Å². The van der Waals surface area contributed by atoms with Gasteiger partial charge in [-0.2, -0.15) is 0 Å². The first-order valence-corrected chi connectivity index (χ1v) is 8.99. The van der Waals surface area contributed by atoms with Gasteiger partial charge < -0.3 is 5.32 Å². The van der Waals surface area contributed by atoms with E-state index >= 15 is 0 Å². The van der Waals surface area contributed by atoms with Gasteiger partial charge in [0.05, 0.1) is 0 Å². The molecule has 21 heavy (non-hydrogen) atoms. The van der Waals surface area contributed by atoms with E-state index < -0.39 is 0 Å². The van der Waals surface area contributed by atoms with Crippen LogP contribution in [0.2, 0.25) is 0 Å². The zero-order chi connectivity index (χ0) is 15.2. The third-order valence-corrected chi connectivity index (χ3v) is 4.90. The normalized spacial score (nSPS) is 17.6. The van der Waals surface area contributed by atoms with Crippen molar-refractivity contribution < 1.29 is 4.39 Å². The number of halogens is 2. The Hall–Kier alpha value is -0.410. The first-order chi connectivity index (χ1) is 10.0. The van der Waals surface area contributed by atoms with Crippen molar-refractivity contribution >= 4 is 15.9 Å². The van der Waals surface area contributed by atoms with Crippen LogP contribution < -0.4 is 5.32 Å². The summed E-state index contributed by atoms with van der Waals surface area (Å²) >= 11 is 3.40. The van der Waals surface area contributed by atoms with Crippen LogP contribution in [0.4, 0.5) is 4.39 Å². The maximum atomic E-state index is 13.6. The number of rotatable bonds is 7. The Bertz CT molecular complexity index is 421. The highest BCUT2D eigenvalue weighted by atomic mass is 79.9. The van der Waals surface area contributed by atoms with Crippen LogP contribution in [-0.4, -0.2) is 13.1 Å². The summed E-state index contributed by atoms with van der Waals surface area (Å²) in [5.41, 5.74) is 1.12. The smallest absolute Gasteiger partial charge is 0.124 e. The average molecular weight is 356 g/mol. The van der Waals surface area contributed by atoms with E-state index in [9.17, 15) is 4.39 Å². The monoisotopic (exact) mass is 355 g/mol. The number of hydrogen-bond donors (Lipinski definition) is 1. The summed E-state index contributed by atoms with van der Waals surface area (Å²) in [6.07, 6.45) is 6.37. The molecule has 2 rings (SSSR count). The van der Waals surface area contributed by atoms with Crippen molar-refractivity contribution in [3.8, 4) is 0 Å².